The predicted octanol–water partition coefficient (Wildman–Crippen LogP) is 3.43. The number of anilines is 1. The maximum absolute atomic E-state index is 15.1. The molecule has 0 spiro atoms. The van der Waals surface area contributed by atoms with Gasteiger partial charge in [-0.05, 0) is 42.8 Å². The summed E-state index contributed by atoms with van der Waals surface area (Å²) >= 11 is 0. The molecule has 1 aliphatic heterocycles. The van der Waals surface area contributed by atoms with E-state index in [1.807, 2.05) is 0 Å². The molecule has 9 nitrogen and oxygen atoms in total. The van der Waals surface area contributed by atoms with Crippen molar-refractivity contribution in [2.45, 2.75) is 25.3 Å². The fraction of sp³-hybridized carbons (Fsp3) is 0.240. The third kappa shape index (κ3) is 4.73. The number of aromatic nitrogens is 4. The zero-order chi connectivity index (χ0) is 28.1. The Morgan fingerprint density at radius 1 is 1.13 bits per heavy atom. The molecule has 4 aromatic rings. The number of aryl methyl sites for hydroxylation is 1. The number of alkyl halides is 4. The summed E-state index contributed by atoms with van der Waals surface area (Å²) in [5.74, 6) is -2.59. The van der Waals surface area contributed by atoms with Crippen LogP contribution in [0.3, 0.4) is 0 Å². The molecule has 39 heavy (non-hydrogen) atoms. The van der Waals surface area contributed by atoms with Crippen molar-refractivity contribution in [3.05, 3.63) is 77.1 Å². The predicted molar refractivity (Wildman–Crippen MR) is 129 cm³/mol. The van der Waals surface area contributed by atoms with Crippen LogP contribution in [0.1, 0.15) is 31.8 Å². The van der Waals surface area contributed by atoms with Crippen LogP contribution in [0, 0.1) is 12.7 Å². The van der Waals surface area contributed by atoms with E-state index in [1.54, 1.807) is 0 Å². The van der Waals surface area contributed by atoms with Gasteiger partial charge in [-0.25, -0.2) is 18.3 Å². The largest absolute Gasteiger partial charge is 0.418 e. The third-order valence-corrected chi connectivity index (χ3v) is 6.50. The number of pyridine rings is 1. The van der Waals surface area contributed by atoms with E-state index in [1.165, 1.54) is 36.4 Å². The molecule has 0 unspecified atom stereocenters. The molecule has 2 amide bonds. The molecule has 5 rings (SSSR count). The highest BCUT2D eigenvalue weighted by Gasteiger charge is 2.38. The topological polar surface area (TPSA) is 119 Å². The minimum absolute atomic E-state index is 0.0944. The lowest BCUT2D eigenvalue weighted by atomic mass is 10.0. The number of likely N-dealkylation sites (tertiary alicyclic amines) is 1. The van der Waals surface area contributed by atoms with Gasteiger partial charge in [-0.2, -0.15) is 18.3 Å². The van der Waals surface area contributed by atoms with Crippen LogP contribution in [-0.4, -0.2) is 61.6 Å². The molecule has 4 heterocycles. The van der Waals surface area contributed by atoms with Gasteiger partial charge in [-0.15, -0.1) is 0 Å². The monoisotopic (exact) mass is 545 g/mol. The fourth-order valence-corrected chi connectivity index (χ4v) is 4.58. The lowest BCUT2D eigenvalue weighted by Gasteiger charge is -2.18. The van der Waals surface area contributed by atoms with Crippen LogP contribution in [0.4, 0.5) is 27.8 Å². The maximum atomic E-state index is 15.1. The van der Waals surface area contributed by atoms with E-state index in [2.05, 4.69) is 20.4 Å². The Bertz CT molecular complexity index is 1590. The standard InChI is InChI=1S/C25H20F5N7O2/c1-12-6-17(26)15(20-8-16(25(28,29)30)21-22(31)33-11-34-37(20)21)7-14(12)23(38)35-19-10-36(9-18(19)27)24(39)13-2-4-32-5-3-13/h2-8,11,18-19H,9-10H2,1H3,(H,35,38)(H2,31,33,34)/t18-,19+/m0/s1. The summed E-state index contributed by atoms with van der Waals surface area (Å²) in [6.07, 6.45) is -2.65. The molecule has 202 valence electrons. The molecular formula is C25H20F5N7O2. The summed E-state index contributed by atoms with van der Waals surface area (Å²) in [4.78, 5) is 34.5. The fourth-order valence-electron chi connectivity index (χ4n) is 4.58. The molecule has 1 aromatic carbocycles. The van der Waals surface area contributed by atoms with Crippen LogP contribution in [0.2, 0.25) is 0 Å². The summed E-state index contributed by atoms with van der Waals surface area (Å²) in [6, 6.07) is 4.64. The van der Waals surface area contributed by atoms with Crippen LogP contribution in [0.5, 0.6) is 0 Å². The van der Waals surface area contributed by atoms with Gasteiger partial charge in [0.15, 0.2) is 5.82 Å². The Morgan fingerprint density at radius 2 is 1.85 bits per heavy atom. The molecule has 0 radical (unpaired) electrons. The van der Waals surface area contributed by atoms with Gasteiger partial charge < -0.3 is 16.0 Å². The minimum Gasteiger partial charge on any atom is -0.382 e. The van der Waals surface area contributed by atoms with Crippen LogP contribution < -0.4 is 11.1 Å². The van der Waals surface area contributed by atoms with Crippen LogP contribution >= 0.6 is 0 Å². The van der Waals surface area contributed by atoms with Crippen molar-refractivity contribution in [3.63, 3.8) is 0 Å². The highest BCUT2D eigenvalue weighted by molar-refractivity contribution is 5.98. The highest BCUT2D eigenvalue weighted by atomic mass is 19.4. The van der Waals surface area contributed by atoms with E-state index in [9.17, 15) is 27.2 Å². The molecule has 0 bridgehead atoms. The van der Waals surface area contributed by atoms with Crippen LogP contribution in [-0.2, 0) is 6.18 Å². The van der Waals surface area contributed by atoms with E-state index in [-0.39, 0.29) is 35.5 Å². The number of rotatable bonds is 4. The second-order valence-electron chi connectivity index (χ2n) is 9.04. The van der Waals surface area contributed by atoms with Crippen LogP contribution in [0.25, 0.3) is 16.8 Å². The molecule has 1 fully saturated rings. The van der Waals surface area contributed by atoms with Gasteiger partial charge in [-0.3, -0.25) is 14.6 Å². The number of amides is 2. The van der Waals surface area contributed by atoms with E-state index in [0.717, 1.165) is 23.0 Å². The number of nitrogens with one attached hydrogen (secondary N) is 1. The third-order valence-electron chi connectivity index (χ3n) is 6.50. The summed E-state index contributed by atoms with van der Waals surface area (Å²) in [5, 5.41) is 6.32. The first kappa shape index (κ1) is 26.0. The number of carbonyl (C=O) groups is 2. The number of benzene rings is 1. The van der Waals surface area contributed by atoms with Crippen molar-refractivity contribution < 1.29 is 31.5 Å². The Morgan fingerprint density at radius 3 is 2.54 bits per heavy atom. The summed E-state index contributed by atoms with van der Waals surface area (Å²) in [5.41, 5.74) is 3.65. The molecule has 3 aromatic heterocycles. The number of nitrogens with two attached hydrogens (primary N) is 1. The van der Waals surface area contributed by atoms with Crippen molar-refractivity contribution in [1.82, 2.24) is 29.8 Å². The first-order chi connectivity index (χ1) is 18.5. The molecular weight excluding hydrogens is 525 g/mol. The Kier molecular flexibility index (Phi) is 6.40. The summed E-state index contributed by atoms with van der Waals surface area (Å²) in [6.45, 7) is 1.06. The van der Waals surface area contributed by atoms with Crippen molar-refractivity contribution in [2.24, 2.45) is 0 Å². The van der Waals surface area contributed by atoms with Crippen molar-refractivity contribution in [1.29, 1.82) is 0 Å². The lowest BCUT2D eigenvalue weighted by molar-refractivity contribution is -0.136. The maximum Gasteiger partial charge on any atom is 0.418 e. The van der Waals surface area contributed by atoms with Crippen LogP contribution in [0.15, 0.2) is 49.1 Å². The molecule has 1 aliphatic rings. The van der Waals surface area contributed by atoms with Gasteiger partial charge in [0.2, 0.25) is 0 Å². The molecule has 3 N–H and O–H groups in total. The van der Waals surface area contributed by atoms with Gasteiger partial charge >= 0.3 is 6.18 Å². The zero-order valence-electron chi connectivity index (χ0n) is 20.2. The average molecular weight is 545 g/mol. The SMILES string of the molecule is Cc1cc(F)c(-c2cc(C(F)(F)F)c3c(N)ncnn23)cc1C(=O)N[C@@H]1CN(C(=O)c2ccncc2)C[C@@H]1F. The molecule has 14 heteroatoms. The molecule has 0 aliphatic carbocycles. The molecule has 0 saturated carbocycles. The zero-order valence-corrected chi connectivity index (χ0v) is 20.2. The molecule has 1 saturated heterocycles. The number of nitrogen functional groups attached to an aromatic ring is 1. The number of halogens is 5. The van der Waals surface area contributed by atoms with E-state index < -0.39 is 52.9 Å². The quantitative estimate of drug-likeness (QED) is 0.380. The Balaban J connectivity index is 1.45. The summed E-state index contributed by atoms with van der Waals surface area (Å²) < 4.78 is 71.8. The number of hydrogen-bond donors (Lipinski definition) is 2. The second kappa shape index (κ2) is 9.60. The number of hydrogen-bond acceptors (Lipinski definition) is 6. The molecule has 2 atom stereocenters. The normalized spacial score (nSPS) is 17.5. The van der Waals surface area contributed by atoms with Gasteiger partial charge in [-0.1, -0.05) is 0 Å². The van der Waals surface area contributed by atoms with Gasteiger partial charge in [0, 0.05) is 35.6 Å². The first-order valence-corrected chi connectivity index (χ1v) is 11.6. The van der Waals surface area contributed by atoms with Crippen molar-refractivity contribution in [3.8, 4) is 11.3 Å². The van der Waals surface area contributed by atoms with Gasteiger partial charge in [0.25, 0.3) is 11.8 Å². The number of nitrogens with zero attached hydrogens (tertiary/aromatic N) is 5. The number of carbonyl (C=O) groups excluding carboxylic acids is 2. The van der Waals surface area contributed by atoms with E-state index in [0.29, 0.717) is 11.6 Å². The highest BCUT2D eigenvalue weighted by Crippen LogP contribution is 2.39. The van der Waals surface area contributed by atoms with Crippen molar-refractivity contribution >= 4 is 23.1 Å². The second-order valence-corrected chi connectivity index (χ2v) is 9.04. The van der Waals surface area contributed by atoms with E-state index in [4.69, 9.17) is 5.73 Å². The summed E-state index contributed by atoms with van der Waals surface area (Å²) in [7, 11) is 0. The van der Waals surface area contributed by atoms with Crippen molar-refractivity contribution in [2.75, 3.05) is 18.8 Å². The Labute approximate surface area is 217 Å². The smallest absolute Gasteiger partial charge is 0.382 e. The average Bonchev–Trinajstić information content (AvgIpc) is 3.46. The van der Waals surface area contributed by atoms with E-state index >= 15 is 4.39 Å². The lowest BCUT2D eigenvalue weighted by Crippen LogP contribution is -2.42. The first-order valence-electron chi connectivity index (χ1n) is 11.6. The number of fused-ring (bicyclic) bond motifs is 1. The minimum atomic E-state index is -4.85. The Hall–Kier alpha value is -4.62. The van der Waals surface area contributed by atoms with Gasteiger partial charge in [0.1, 0.15) is 23.8 Å². The van der Waals surface area contributed by atoms with Gasteiger partial charge in [0.05, 0.1) is 23.8 Å².